The Morgan fingerprint density at radius 1 is 1.42 bits per heavy atom. The molecular formula is C16H25NO2. The lowest BCUT2D eigenvalue weighted by Crippen LogP contribution is -2.54. The van der Waals surface area contributed by atoms with Crippen LogP contribution in [0.2, 0.25) is 0 Å². The zero-order chi connectivity index (χ0) is 13.9. The van der Waals surface area contributed by atoms with Gasteiger partial charge in [-0.1, -0.05) is 30.3 Å². The zero-order valence-electron chi connectivity index (χ0n) is 12.2. The minimum atomic E-state index is -0.322. The molecule has 3 heteroatoms. The zero-order valence-corrected chi connectivity index (χ0v) is 12.2. The molecule has 19 heavy (non-hydrogen) atoms. The number of nitrogens with zero attached hydrogens (tertiary/aromatic N) is 1. The molecule has 0 aromatic heterocycles. The lowest BCUT2D eigenvalue weighted by atomic mass is 9.95. The predicted octanol–water partition coefficient (Wildman–Crippen LogP) is 2.44. The van der Waals surface area contributed by atoms with Crippen molar-refractivity contribution in [1.29, 1.82) is 0 Å². The van der Waals surface area contributed by atoms with Crippen LogP contribution in [0.15, 0.2) is 30.3 Å². The molecule has 2 rings (SSSR count). The number of morpholine rings is 1. The van der Waals surface area contributed by atoms with Crippen LogP contribution in [0.1, 0.15) is 32.8 Å². The first kappa shape index (κ1) is 14.5. The van der Waals surface area contributed by atoms with Crippen LogP contribution >= 0.6 is 0 Å². The Kier molecular flexibility index (Phi) is 4.61. The summed E-state index contributed by atoms with van der Waals surface area (Å²) in [5.41, 5.74) is 1.09. The molecule has 3 atom stereocenters. The molecule has 0 radical (unpaired) electrons. The van der Waals surface area contributed by atoms with Crippen molar-refractivity contribution in [1.82, 2.24) is 4.90 Å². The number of hydrogen-bond acceptors (Lipinski definition) is 3. The highest BCUT2D eigenvalue weighted by molar-refractivity contribution is 5.14. The smallest absolute Gasteiger partial charge is 0.0806 e. The molecule has 0 amide bonds. The largest absolute Gasteiger partial charge is 0.393 e. The van der Waals surface area contributed by atoms with Gasteiger partial charge in [0.25, 0.3) is 0 Å². The van der Waals surface area contributed by atoms with Crippen molar-refractivity contribution in [2.75, 3.05) is 13.2 Å². The predicted molar refractivity (Wildman–Crippen MR) is 77.0 cm³/mol. The molecule has 1 aromatic rings. The van der Waals surface area contributed by atoms with E-state index in [-0.39, 0.29) is 11.7 Å². The molecule has 1 aliphatic rings. The van der Waals surface area contributed by atoms with E-state index in [1.165, 1.54) is 5.56 Å². The van der Waals surface area contributed by atoms with E-state index in [0.29, 0.717) is 12.5 Å². The summed E-state index contributed by atoms with van der Waals surface area (Å²) in [7, 11) is 0. The molecule has 0 spiro atoms. The Balaban J connectivity index is 2.02. The molecule has 0 aliphatic carbocycles. The lowest BCUT2D eigenvalue weighted by Gasteiger charge is -2.44. The van der Waals surface area contributed by atoms with Gasteiger partial charge in [0.2, 0.25) is 0 Å². The van der Waals surface area contributed by atoms with E-state index in [1.54, 1.807) is 0 Å². The number of aliphatic hydroxyl groups excluding tert-OH is 1. The van der Waals surface area contributed by atoms with Gasteiger partial charge >= 0.3 is 0 Å². The molecule has 1 saturated heterocycles. The van der Waals surface area contributed by atoms with E-state index < -0.39 is 0 Å². The van der Waals surface area contributed by atoms with E-state index in [2.05, 4.69) is 43.0 Å². The molecule has 1 N–H and O–H groups in total. The van der Waals surface area contributed by atoms with Gasteiger partial charge in [0.1, 0.15) is 0 Å². The van der Waals surface area contributed by atoms with Crippen molar-refractivity contribution in [3.05, 3.63) is 35.9 Å². The molecular weight excluding hydrogens is 238 g/mol. The second-order valence-corrected chi connectivity index (χ2v) is 6.05. The summed E-state index contributed by atoms with van der Waals surface area (Å²) in [6.07, 6.45) is 0.363. The van der Waals surface area contributed by atoms with Crippen LogP contribution in [-0.2, 0) is 11.3 Å². The van der Waals surface area contributed by atoms with E-state index in [1.807, 2.05) is 13.0 Å². The van der Waals surface area contributed by atoms with Crippen molar-refractivity contribution >= 4 is 0 Å². The average molecular weight is 263 g/mol. The highest BCUT2D eigenvalue weighted by atomic mass is 16.5. The molecule has 2 unspecified atom stereocenters. The van der Waals surface area contributed by atoms with E-state index in [4.69, 9.17) is 4.74 Å². The summed E-state index contributed by atoms with van der Waals surface area (Å²) in [6, 6.07) is 10.9. The summed E-state index contributed by atoms with van der Waals surface area (Å²) in [5, 5.41) is 9.61. The van der Waals surface area contributed by atoms with Crippen LogP contribution in [-0.4, -0.2) is 40.9 Å². The monoisotopic (exact) mass is 263 g/mol. The van der Waals surface area contributed by atoms with Crippen LogP contribution in [0.3, 0.4) is 0 Å². The minimum Gasteiger partial charge on any atom is -0.393 e. The molecule has 1 aromatic carbocycles. The van der Waals surface area contributed by atoms with Gasteiger partial charge in [-0.05, 0) is 26.3 Å². The summed E-state index contributed by atoms with van der Waals surface area (Å²) >= 11 is 0. The Labute approximate surface area is 116 Å². The first-order chi connectivity index (χ1) is 8.98. The number of benzene rings is 1. The van der Waals surface area contributed by atoms with Crippen LogP contribution in [0.4, 0.5) is 0 Å². The summed E-state index contributed by atoms with van der Waals surface area (Å²) in [6.45, 7) is 8.67. The topological polar surface area (TPSA) is 32.7 Å². The Bertz CT molecular complexity index is 393. The maximum absolute atomic E-state index is 9.61. The highest BCUT2D eigenvalue weighted by Gasteiger charge is 2.36. The fraction of sp³-hybridized carbons (Fsp3) is 0.625. The molecule has 0 bridgehead atoms. The lowest BCUT2D eigenvalue weighted by molar-refractivity contribution is -0.137. The molecule has 0 saturated carbocycles. The third-order valence-corrected chi connectivity index (χ3v) is 3.79. The third kappa shape index (κ3) is 4.03. The first-order valence-electron chi connectivity index (χ1n) is 7.08. The number of rotatable bonds is 4. The van der Waals surface area contributed by atoms with Gasteiger partial charge in [-0.2, -0.15) is 0 Å². The average Bonchev–Trinajstić information content (AvgIpc) is 2.34. The quantitative estimate of drug-likeness (QED) is 0.905. The summed E-state index contributed by atoms with van der Waals surface area (Å²) in [5.74, 6) is 0. The fourth-order valence-corrected chi connectivity index (χ4v) is 2.84. The SMILES string of the molecule is CC(O)CC1(C)CN(Cc2ccccc2)[C@H](C)CO1. The van der Waals surface area contributed by atoms with Crippen LogP contribution in [0, 0.1) is 0 Å². The number of aliphatic hydroxyl groups is 1. The van der Waals surface area contributed by atoms with E-state index >= 15 is 0 Å². The van der Waals surface area contributed by atoms with Gasteiger partial charge in [0.05, 0.1) is 18.3 Å². The second-order valence-electron chi connectivity index (χ2n) is 6.05. The summed E-state index contributed by atoms with van der Waals surface area (Å²) in [4.78, 5) is 2.45. The highest BCUT2D eigenvalue weighted by Crippen LogP contribution is 2.27. The van der Waals surface area contributed by atoms with Crippen molar-refractivity contribution < 1.29 is 9.84 Å². The van der Waals surface area contributed by atoms with Gasteiger partial charge < -0.3 is 9.84 Å². The molecule has 1 heterocycles. The normalized spacial score (nSPS) is 30.2. The fourth-order valence-electron chi connectivity index (χ4n) is 2.84. The van der Waals surface area contributed by atoms with Gasteiger partial charge in [-0.3, -0.25) is 4.90 Å². The standard InChI is InChI=1S/C16H25NO2/c1-13-11-19-16(3,9-14(2)18)12-17(13)10-15-7-5-4-6-8-15/h4-8,13-14,18H,9-12H2,1-3H3/t13-,14?,16?/m1/s1. The Morgan fingerprint density at radius 3 is 2.74 bits per heavy atom. The van der Waals surface area contributed by atoms with Crippen molar-refractivity contribution in [2.24, 2.45) is 0 Å². The first-order valence-corrected chi connectivity index (χ1v) is 7.08. The Morgan fingerprint density at radius 2 is 2.11 bits per heavy atom. The van der Waals surface area contributed by atoms with E-state index in [0.717, 1.165) is 19.7 Å². The van der Waals surface area contributed by atoms with Crippen LogP contribution in [0.25, 0.3) is 0 Å². The third-order valence-electron chi connectivity index (χ3n) is 3.79. The van der Waals surface area contributed by atoms with E-state index in [9.17, 15) is 5.11 Å². The van der Waals surface area contributed by atoms with Gasteiger partial charge in [0.15, 0.2) is 0 Å². The van der Waals surface area contributed by atoms with Crippen molar-refractivity contribution in [3.8, 4) is 0 Å². The number of ether oxygens (including phenoxy) is 1. The maximum Gasteiger partial charge on any atom is 0.0806 e. The van der Waals surface area contributed by atoms with Gasteiger partial charge in [-0.15, -0.1) is 0 Å². The van der Waals surface area contributed by atoms with Crippen molar-refractivity contribution in [2.45, 2.75) is 51.5 Å². The maximum atomic E-state index is 9.61. The summed E-state index contributed by atoms with van der Waals surface area (Å²) < 4.78 is 5.95. The molecule has 106 valence electrons. The molecule has 3 nitrogen and oxygen atoms in total. The van der Waals surface area contributed by atoms with Crippen LogP contribution in [0.5, 0.6) is 0 Å². The number of hydrogen-bond donors (Lipinski definition) is 1. The molecule has 1 fully saturated rings. The minimum absolute atomic E-state index is 0.241. The van der Waals surface area contributed by atoms with Gasteiger partial charge in [-0.25, -0.2) is 0 Å². The Hall–Kier alpha value is -0.900. The second kappa shape index (κ2) is 6.04. The molecule has 1 aliphatic heterocycles. The van der Waals surface area contributed by atoms with Gasteiger partial charge in [0, 0.05) is 25.6 Å². The van der Waals surface area contributed by atoms with Crippen LogP contribution < -0.4 is 0 Å². The van der Waals surface area contributed by atoms with Crippen molar-refractivity contribution in [3.63, 3.8) is 0 Å².